The Labute approximate surface area is 191 Å². The molecule has 5 unspecified atom stereocenters. The monoisotopic (exact) mass is 467 g/mol. The molecule has 0 bridgehead atoms. The highest BCUT2D eigenvalue weighted by molar-refractivity contribution is 5.94. The summed E-state index contributed by atoms with van der Waals surface area (Å²) < 4.78 is 0. The third-order valence-corrected chi connectivity index (χ3v) is 5.11. The van der Waals surface area contributed by atoms with Crippen molar-refractivity contribution in [3.05, 3.63) is 18.2 Å². The van der Waals surface area contributed by atoms with Gasteiger partial charge in [-0.2, -0.15) is 0 Å². The lowest BCUT2D eigenvalue weighted by atomic mass is 9.98. The van der Waals surface area contributed by atoms with E-state index in [2.05, 4.69) is 25.9 Å². The van der Waals surface area contributed by atoms with Crippen molar-refractivity contribution < 1.29 is 29.1 Å². The number of carboxylic acids is 1. The van der Waals surface area contributed by atoms with Crippen LogP contribution in [0.15, 0.2) is 12.5 Å². The van der Waals surface area contributed by atoms with Crippen LogP contribution in [0.25, 0.3) is 0 Å². The molecule has 0 aliphatic carbocycles. The van der Waals surface area contributed by atoms with Crippen LogP contribution in [0.4, 0.5) is 0 Å². The minimum absolute atomic E-state index is 0.0269. The van der Waals surface area contributed by atoms with Crippen LogP contribution in [-0.2, 0) is 30.4 Å². The Hall–Kier alpha value is -3.48. The molecular weight excluding hydrogens is 434 g/mol. The Morgan fingerprint density at radius 2 is 1.67 bits per heavy atom. The summed E-state index contributed by atoms with van der Waals surface area (Å²) in [5.41, 5.74) is 11.3. The van der Waals surface area contributed by atoms with Crippen molar-refractivity contribution in [2.75, 3.05) is 0 Å². The van der Waals surface area contributed by atoms with Gasteiger partial charge >= 0.3 is 5.97 Å². The highest BCUT2D eigenvalue weighted by Crippen LogP contribution is 2.10. The van der Waals surface area contributed by atoms with Gasteiger partial charge < -0.3 is 37.5 Å². The predicted molar refractivity (Wildman–Crippen MR) is 117 cm³/mol. The second-order valence-electron chi connectivity index (χ2n) is 7.91. The van der Waals surface area contributed by atoms with E-state index in [4.69, 9.17) is 11.5 Å². The fraction of sp³-hybridized carbons (Fsp3) is 0.600. The lowest BCUT2D eigenvalue weighted by Crippen LogP contribution is -2.58. The number of hydrogen-bond acceptors (Lipinski definition) is 7. The molecule has 1 aromatic heterocycles. The van der Waals surface area contributed by atoms with E-state index in [9.17, 15) is 29.1 Å². The lowest BCUT2D eigenvalue weighted by molar-refractivity contribution is -0.144. The van der Waals surface area contributed by atoms with Gasteiger partial charge in [-0.25, -0.2) is 9.78 Å². The standard InChI is InChI=1S/C20H33N7O6/c1-4-10(2)16(20(32)33)27-18(30)13(5-6-15(22)28)25-19(31)14(26-17(29)11(3)21)7-12-8-23-9-24-12/h8-11,13-14,16H,4-7,21H2,1-3H3,(H2,22,28)(H,23,24)(H,25,31)(H,26,29)(H,27,30)(H,32,33). The topological polar surface area (TPSA) is 222 Å². The van der Waals surface area contributed by atoms with Crippen molar-refractivity contribution in [1.29, 1.82) is 0 Å². The van der Waals surface area contributed by atoms with E-state index in [1.807, 2.05) is 0 Å². The zero-order valence-corrected chi connectivity index (χ0v) is 19.0. The van der Waals surface area contributed by atoms with Crippen LogP contribution >= 0.6 is 0 Å². The molecule has 0 radical (unpaired) electrons. The number of nitrogens with two attached hydrogens (primary N) is 2. The van der Waals surface area contributed by atoms with Crippen molar-refractivity contribution in [3.8, 4) is 0 Å². The Morgan fingerprint density at radius 3 is 2.15 bits per heavy atom. The molecule has 4 amide bonds. The third-order valence-electron chi connectivity index (χ3n) is 5.11. The second kappa shape index (κ2) is 13.2. The maximum atomic E-state index is 13.0. The molecule has 0 saturated carbocycles. The van der Waals surface area contributed by atoms with Crippen molar-refractivity contribution in [2.24, 2.45) is 17.4 Å². The average molecular weight is 468 g/mol. The number of H-pyrrole nitrogens is 1. The van der Waals surface area contributed by atoms with Crippen molar-refractivity contribution in [1.82, 2.24) is 25.9 Å². The molecule has 1 heterocycles. The number of rotatable bonds is 14. The van der Waals surface area contributed by atoms with Crippen LogP contribution in [0.2, 0.25) is 0 Å². The Bertz CT molecular complexity index is 827. The summed E-state index contributed by atoms with van der Waals surface area (Å²) in [6.07, 6.45) is 3.01. The second-order valence-corrected chi connectivity index (χ2v) is 7.91. The van der Waals surface area contributed by atoms with Gasteiger partial charge in [0.05, 0.1) is 12.4 Å². The molecule has 0 saturated heterocycles. The van der Waals surface area contributed by atoms with E-state index in [1.54, 1.807) is 13.8 Å². The fourth-order valence-electron chi connectivity index (χ4n) is 2.89. The minimum Gasteiger partial charge on any atom is -0.480 e. The Morgan fingerprint density at radius 1 is 1.06 bits per heavy atom. The van der Waals surface area contributed by atoms with Crippen LogP contribution in [0.1, 0.15) is 45.7 Å². The molecule has 1 aromatic rings. The van der Waals surface area contributed by atoms with Crippen LogP contribution < -0.4 is 27.4 Å². The molecular formula is C20H33N7O6. The molecule has 0 aromatic carbocycles. The number of amides is 4. The van der Waals surface area contributed by atoms with E-state index >= 15 is 0 Å². The van der Waals surface area contributed by atoms with Gasteiger partial charge in [0.15, 0.2) is 0 Å². The summed E-state index contributed by atoms with van der Waals surface area (Å²) in [5, 5.41) is 16.9. The van der Waals surface area contributed by atoms with E-state index in [1.165, 1.54) is 19.4 Å². The normalized spacial score (nSPS) is 15.4. The molecule has 13 nitrogen and oxygen atoms in total. The summed E-state index contributed by atoms with van der Waals surface area (Å²) >= 11 is 0. The Kier molecular flexibility index (Phi) is 11.0. The van der Waals surface area contributed by atoms with Crippen LogP contribution in [0.5, 0.6) is 0 Å². The predicted octanol–water partition coefficient (Wildman–Crippen LogP) is -1.85. The van der Waals surface area contributed by atoms with Gasteiger partial charge in [-0.1, -0.05) is 20.3 Å². The van der Waals surface area contributed by atoms with Crippen molar-refractivity contribution >= 4 is 29.6 Å². The minimum atomic E-state index is -1.26. The first-order valence-electron chi connectivity index (χ1n) is 10.6. The molecule has 33 heavy (non-hydrogen) atoms. The molecule has 0 aliphatic rings. The van der Waals surface area contributed by atoms with Crippen LogP contribution in [-0.4, -0.2) is 68.8 Å². The van der Waals surface area contributed by atoms with Gasteiger partial charge in [-0.3, -0.25) is 19.2 Å². The van der Waals surface area contributed by atoms with Gasteiger partial charge in [0.2, 0.25) is 23.6 Å². The molecule has 13 heteroatoms. The molecule has 0 aliphatic heterocycles. The third kappa shape index (κ3) is 9.27. The number of carbonyl (C=O) groups is 5. The first-order valence-corrected chi connectivity index (χ1v) is 10.6. The zero-order chi connectivity index (χ0) is 25.1. The number of hydrogen-bond donors (Lipinski definition) is 7. The number of carbonyl (C=O) groups excluding carboxylic acids is 4. The molecule has 0 spiro atoms. The molecule has 1 rings (SSSR count). The number of aromatic amines is 1. The van der Waals surface area contributed by atoms with E-state index in [-0.39, 0.29) is 25.2 Å². The van der Waals surface area contributed by atoms with Gasteiger partial charge in [0, 0.05) is 24.7 Å². The van der Waals surface area contributed by atoms with Crippen LogP contribution in [0.3, 0.4) is 0 Å². The quantitative estimate of drug-likeness (QED) is 0.164. The summed E-state index contributed by atoms with van der Waals surface area (Å²) in [5.74, 6) is -4.39. The highest BCUT2D eigenvalue weighted by atomic mass is 16.4. The highest BCUT2D eigenvalue weighted by Gasteiger charge is 2.32. The van der Waals surface area contributed by atoms with Crippen molar-refractivity contribution in [3.63, 3.8) is 0 Å². The summed E-state index contributed by atoms with van der Waals surface area (Å²) in [4.78, 5) is 67.4. The van der Waals surface area contributed by atoms with Gasteiger partial charge in [0.1, 0.15) is 18.1 Å². The first-order chi connectivity index (χ1) is 15.5. The summed E-state index contributed by atoms with van der Waals surface area (Å²) in [6.45, 7) is 4.89. The van der Waals surface area contributed by atoms with Crippen molar-refractivity contribution in [2.45, 2.75) is 70.6 Å². The maximum Gasteiger partial charge on any atom is 0.326 e. The number of primary amides is 1. The van der Waals surface area contributed by atoms with Gasteiger partial charge in [-0.15, -0.1) is 0 Å². The number of carboxylic acid groups (broad SMARTS) is 1. The van der Waals surface area contributed by atoms with E-state index in [0.29, 0.717) is 12.1 Å². The van der Waals surface area contributed by atoms with Gasteiger partial charge in [0.25, 0.3) is 0 Å². The smallest absolute Gasteiger partial charge is 0.326 e. The number of aromatic nitrogens is 2. The average Bonchev–Trinajstić information content (AvgIpc) is 3.26. The van der Waals surface area contributed by atoms with Crippen LogP contribution in [0, 0.1) is 5.92 Å². The molecule has 184 valence electrons. The largest absolute Gasteiger partial charge is 0.480 e. The fourth-order valence-corrected chi connectivity index (χ4v) is 2.89. The number of aliphatic carboxylic acids is 1. The molecule has 9 N–H and O–H groups in total. The molecule has 5 atom stereocenters. The maximum absolute atomic E-state index is 13.0. The summed E-state index contributed by atoms with van der Waals surface area (Å²) in [7, 11) is 0. The first kappa shape index (κ1) is 27.6. The summed E-state index contributed by atoms with van der Waals surface area (Å²) in [6, 6.07) is -4.44. The van der Waals surface area contributed by atoms with E-state index < -0.39 is 53.8 Å². The molecule has 0 fully saturated rings. The SMILES string of the molecule is CCC(C)C(NC(=O)C(CCC(N)=O)NC(=O)C(Cc1cnc[nH]1)NC(=O)C(C)N)C(=O)O. The Balaban J connectivity index is 3.06. The van der Waals surface area contributed by atoms with Gasteiger partial charge in [-0.05, 0) is 19.3 Å². The lowest BCUT2D eigenvalue weighted by Gasteiger charge is -2.26. The number of imidazole rings is 1. The number of nitrogens with zero attached hydrogens (tertiary/aromatic N) is 1. The zero-order valence-electron chi connectivity index (χ0n) is 19.0. The van der Waals surface area contributed by atoms with E-state index in [0.717, 1.165) is 0 Å². The number of nitrogens with one attached hydrogen (secondary N) is 4.